The van der Waals surface area contributed by atoms with Gasteiger partial charge in [0, 0.05) is 42.5 Å². The van der Waals surface area contributed by atoms with E-state index in [1.54, 1.807) is 6.07 Å². The van der Waals surface area contributed by atoms with E-state index in [-0.39, 0.29) is 12.8 Å². The Hall–Kier alpha value is -2.85. The molecule has 0 spiro atoms. The first-order chi connectivity index (χ1) is 16.0. The summed E-state index contributed by atoms with van der Waals surface area (Å²) in [5.74, 6) is 3.26. The Morgan fingerprint density at radius 2 is 1.91 bits per heavy atom. The van der Waals surface area contributed by atoms with E-state index in [1.165, 1.54) is 0 Å². The molecule has 0 radical (unpaired) electrons. The summed E-state index contributed by atoms with van der Waals surface area (Å²) >= 11 is 13.0. The monoisotopic (exact) mass is 483 g/mol. The topological polar surface area (TPSA) is 61.9 Å². The Kier molecular flexibility index (Phi) is 6.11. The zero-order valence-corrected chi connectivity index (χ0v) is 19.7. The number of nitrogens with zero attached hydrogens (tertiary/aromatic N) is 3. The second-order valence-corrected chi connectivity index (χ2v) is 9.21. The van der Waals surface area contributed by atoms with Crippen molar-refractivity contribution in [2.24, 2.45) is 0 Å². The number of furan rings is 1. The lowest BCUT2D eigenvalue weighted by molar-refractivity contribution is 0.174. The maximum atomic E-state index is 9.29. The molecule has 2 aromatic carbocycles. The molecule has 3 heterocycles. The quantitative estimate of drug-likeness (QED) is 0.442. The number of halogens is 2. The summed E-state index contributed by atoms with van der Waals surface area (Å²) in [4.78, 5) is 4.70. The molecule has 6 nitrogen and oxygen atoms in total. The summed E-state index contributed by atoms with van der Waals surface area (Å²) in [7, 11) is 0. The summed E-state index contributed by atoms with van der Waals surface area (Å²) in [6, 6.07) is 15.7. The van der Waals surface area contributed by atoms with Crippen LogP contribution in [0.1, 0.15) is 29.1 Å². The van der Waals surface area contributed by atoms with Gasteiger partial charge in [0.25, 0.3) is 0 Å². The Morgan fingerprint density at radius 3 is 2.64 bits per heavy atom. The molecule has 0 bridgehead atoms. The highest BCUT2D eigenvalue weighted by Gasteiger charge is 2.30. The van der Waals surface area contributed by atoms with Crippen LogP contribution in [0.4, 0.5) is 5.69 Å². The zero-order chi connectivity index (χ0) is 22.9. The van der Waals surface area contributed by atoms with E-state index in [9.17, 15) is 5.26 Å². The van der Waals surface area contributed by atoms with Crippen LogP contribution in [0.2, 0.25) is 10.0 Å². The molecule has 1 atom stereocenters. The van der Waals surface area contributed by atoms with Crippen LogP contribution >= 0.6 is 23.2 Å². The maximum Gasteiger partial charge on any atom is 0.231 e. The Balaban J connectivity index is 1.42. The smallest absolute Gasteiger partial charge is 0.231 e. The Bertz CT molecular complexity index is 1220. The zero-order valence-electron chi connectivity index (χ0n) is 18.2. The second kappa shape index (κ2) is 9.18. The molecule has 3 aromatic rings. The lowest BCUT2D eigenvalue weighted by atomic mass is 10.1. The van der Waals surface area contributed by atoms with Gasteiger partial charge in [-0.05, 0) is 55.3 Å². The SMILES string of the molecule is Cc1ccc(CN2CC[C@H](N(Cc3cc4c(cc3Cl)OCO4)c3ccc(C#N)c(Cl)c3)C2)o1. The number of hydrogen-bond acceptors (Lipinski definition) is 6. The highest BCUT2D eigenvalue weighted by atomic mass is 35.5. The second-order valence-electron chi connectivity index (χ2n) is 8.39. The van der Waals surface area contributed by atoms with Gasteiger partial charge >= 0.3 is 0 Å². The van der Waals surface area contributed by atoms with Crippen molar-refractivity contribution < 1.29 is 13.9 Å². The molecule has 0 aliphatic carbocycles. The molecule has 0 N–H and O–H groups in total. The first-order valence-corrected chi connectivity index (χ1v) is 11.6. The highest BCUT2D eigenvalue weighted by Crippen LogP contribution is 2.38. The van der Waals surface area contributed by atoms with Gasteiger partial charge in [-0.25, -0.2) is 0 Å². The number of rotatable bonds is 6. The molecular formula is C25H23Cl2N3O3. The van der Waals surface area contributed by atoms with Crippen molar-refractivity contribution in [3.05, 3.63) is 75.2 Å². The molecule has 2 aliphatic rings. The molecule has 1 aromatic heterocycles. The third-order valence-electron chi connectivity index (χ3n) is 6.15. The molecule has 1 saturated heterocycles. The number of hydrogen-bond donors (Lipinski definition) is 0. The van der Waals surface area contributed by atoms with E-state index in [1.807, 2.05) is 43.3 Å². The minimum atomic E-state index is 0.202. The highest BCUT2D eigenvalue weighted by molar-refractivity contribution is 6.32. The number of fused-ring (bicyclic) bond motifs is 1. The van der Waals surface area contributed by atoms with Gasteiger partial charge in [0.05, 0.1) is 17.1 Å². The van der Waals surface area contributed by atoms with Crippen molar-refractivity contribution in [2.45, 2.75) is 32.5 Å². The molecule has 0 amide bonds. The summed E-state index contributed by atoms with van der Waals surface area (Å²) in [5, 5.41) is 10.4. The number of benzene rings is 2. The Labute approximate surface area is 202 Å². The van der Waals surface area contributed by atoms with Crippen molar-refractivity contribution in [1.29, 1.82) is 5.26 Å². The number of likely N-dealkylation sites (tertiary alicyclic amines) is 1. The standard InChI is InChI=1S/C25H23Cl2N3O3/c1-16-2-5-21(33-16)14-29-7-6-20(13-29)30(19-4-3-17(11-28)22(26)9-19)12-18-8-24-25(10-23(18)27)32-15-31-24/h2-5,8-10,20H,6-7,12-15H2,1H3/t20-/m0/s1. The van der Waals surface area contributed by atoms with E-state index >= 15 is 0 Å². The van der Waals surface area contributed by atoms with Crippen molar-refractivity contribution in [1.82, 2.24) is 4.90 Å². The fourth-order valence-corrected chi connectivity index (χ4v) is 4.90. The van der Waals surface area contributed by atoms with Crippen LogP contribution in [-0.4, -0.2) is 30.8 Å². The largest absolute Gasteiger partial charge is 0.465 e. The van der Waals surface area contributed by atoms with E-state index in [2.05, 4.69) is 15.9 Å². The molecule has 170 valence electrons. The Morgan fingerprint density at radius 1 is 1.09 bits per heavy atom. The van der Waals surface area contributed by atoms with Crippen LogP contribution in [0.15, 0.2) is 46.9 Å². The lowest BCUT2D eigenvalue weighted by Gasteiger charge is -2.32. The average Bonchev–Trinajstić information content (AvgIpc) is 3.54. The van der Waals surface area contributed by atoms with E-state index < -0.39 is 0 Å². The van der Waals surface area contributed by atoms with Crippen LogP contribution in [0.5, 0.6) is 11.5 Å². The molecule has 33 heavy (non-hydrogen) atoms. The fraction of sp³-hybridized carbons (Fsp3) is 0.320. The van der Waals surface area contributed by atoms with Crippen LogP contribution in [0.3, 0.4) is 0 Å². The number of ether oxygens (including phenoxy) is 2. The molecular weight excluding hydrogens is 461 g/mol. The van der Waals surface area contributed by atoms with Crippen molar-refractivity contribution in [3.63, 3.8) is 0 Å². The molecule has 5 rings (SSSR count). The van der Waals surface area contributed by atoms with Gasteiger partial charge in [-0.15, -0.1) is 0 Å². The summed E-state index contributed by atoms with van der Waals surface area (Å²) in [6.07, 6.45) is 0.986. The molecule has 8 heteroatoms. The van der Waals surface area contributed by atoms with E-state index in [4.69, 9.17) is 37.1 Å². The first-order valence-electron chi connectivity index (χ1n) is 10.8. The molecule has 0 saturated carbocycles. The predicted octanol–water partition coefficient (Wildman–Crippen LogP) is 5.78. The van der Waals surface area contributed by atoms with Crippen molar-refractivity contribution in [2.75, 3.05) is 24.8 Å². The van der Waals surface area contributed by atoms with Crippen molar-refractivity contribution in [3.8, 4) is 17.6 Å². The number of aryl methyl sites for hydroxylation is 1. The molecule has 0 unspecified atom stereocenters. The molecule has 1 fully saturated rings. The minimum Gasteiger partial charge on any atom is -0.465 e. The van der Waals surface area contributed by atoms with Crippen molar-refractivity contribution >= 4 is 28.9 Å². The van der Waals surface area contributed by atoms with Gasteiger partial charge in [-0.3, -0.25) is 4.90 Å². The third kappa shape index (κ3) is 4.63. The van der Waals surface area contributed by atoms with Gasteiger partial charge in [0.2, 0.25) is 6.79 Å². The van der Waals surface area contributed by atoms with Gasteiger partial charge in [-0.1, -0.05) is 23.2 Å². The normalized spacial score (nSPS) is 17.3. The predicted molar refractivity (Wildman–Crippen MR) is 127 cm³/mol. The van der Waals surface area contributed by atoms with Crippen LogP contribution in [0, 0.1) is 18.3 Å². The summed E-state index contributed by atoms with van der Waals surface area (Å²) in [6.45, 7) is 5.35. The minimum absolute atomic E-state index is 0.202. The number of nitriles is 1. The van der Waals surface area contributed by atoms with Crippen LogP contribution in [-0.2, 0) is 13.1 Å². The maximum absolute atomic E-state index is 9.29. The van der Waals surface area contributed by atoms with Gasteiger partial charge in [0.1, 0.15) is 17.6 Å². The fourth-order valence-electron chi connectivity index (χ4n) is 4.47. The van der Waals surface area contributed by atoms with Crippen LogP contribution < -0.4 is 14.4 Å². The summed E-state index contributed by atoms with van der Waals surface area (Å²) in [5.41, 5.74) is 2.36. The average molecular weight is 484 g/mol. The molecule has 2 aliphatic heterocycles. The van der Waals surface area contributed by atoms with E-state index in [0.29, 0.717) is 33.7 Å². The van der Waals surface area contributed by atoms with E-state index in [0.717, 1.165) is 48.8 Å². The van der Waals surface area contributed by atoms with Crippen LogP contribution in [0.25, 0.3) is 0 Å². The van der Waals surface area contributed by atoms with Gasteiger partial charge in [-0.2, -0.15) is 5.26 Å². The number of anilines is 1. The third-order valence-corrected chi connectivity index (χ3v) is 6.82. The first kappa shape index (κ1) is 22.0. The van der Waals surface area contributed by atoms with Gasteiger partial charge < -0.3 is 18.8 Å². The summed E-state index contributed by atoms with van der Waals surface area (Å²) < 4.78 is 16.8. The van der Waals surface area contributed by atoms with Gasteiger partial charge in [0.15, 0.2) is 11.5 Å². The lowest BCUT2D eigenvalue weighted by Crippen LogP contribution is -2.37.